The molecular weight excluding hydrogens is 364 g/mol. The first-order valence-electron chi connectivity index (χ1n) is 7.04. The molecule has 0 fully saturated rings. The number of nitrogens with zero attached hydrogens (tertiary/aromatic N) is 2. The van der Waals surface area contributed by atoms with Crippen LogP contribution in [0.15, 0.2) is 28.8 Å². The number of carbonyl (C=O) groups excluding carboxylic acids is 1. The summed E-state index contributed by atoms with van der Waals surface area (Å²) in [6.45, 7) is -0.449. The van der Waals surface area contributed by atoms with Crippen molar-refractivity contribution in [1.82, 2.24) is 4.57 Å². The van der Waals surface area contributed by atoms with Crippen LogP contribution in [0.2, 0.25) is 0 Å². The standard InChI is InChI=1S/C16H12N2O5S2/c1-23-10-3-2-8-4-9(14(21)17-11(8)6-10)5-12-15(22)18(7-13(19)20)16(24)25-12/h2-6,22H,7H2,1H3,(H,19,20). The van der Waals surface area contributed by atoms with Crippen LogP contribution in [0, 0.1) is 3.95 Å². The molecule has 7 nitrogen and oxygen atoms in total. The van der Waals surface area contributed by atoms with Crippen molar-refractivity contribution in [3.8, 4) is 11.6 Å². The first-order valence-corrected chi connectivity index (χ1v) is 8.26. The van der Waals surface area contributed by atoms with Crippen LogP contribution in [0.4, 0.5) is 0 Å². The first kappa shape index (κ1) is 17.1. The minimum atomic E-state index is -1.12. The summed E-state index contributed by atoms with van der Waals surface area (Å²) in [5, 5.41) is 20.3. The van der Waals surface area contributed by atoms with Crippen molar-refractivity contribution in [3.63, 3.8) is 0 Å². The lowest BCUT2D eigenvalue weighted by atomic mass is 10.1. The third-order valence-corrected chi connectivity index (χ3v) is 4.88. The quantitative estimate of drug-likeness (QED) is 0.612. The predicted molar refractivity (Wildman–Crippen MR) is 93.7 cm³/mol. The molecule has 0 aliphatic carbocycles. The van der Waals surface area contributed by atoms with Gasteiger partial charge in [0, 0.05) is 16.9 Å². The van der Waals surface area contributed by atoms with Gasteiger partial charge in [-0.3, -0.25) is 14.2 Å². The largest absolute Gasteiger partial charge is 0.497 e. The minimum Gasteiger partial charge on any atom is -0.497 e. The number of methoxy groups -OCH3 is 1. The molecule has 2 N–H and O–H groups in total. The number of rotatable bonds is 4. The predicted octanol–water partition coefficient (Wildman–Crippen LogP) is 1.10. The van der Waals surface area contributed by atoms with Gasteiger partial charge in [-0.2, -0.15) is 0 Å². The number of thiazole rings is 1. The normalized spacial score (nSPS) is 14.6. The van der Waals surface area contributed by atoms with E-state index in [1.165, 1.54) is 13.2 Å². The second-order valence-electron chi connectivity index (χ2n) is 5.12. The van der Waals surface area contributed by atoms with E-state index in [9.17, 15) is 14.7 Å². The van der Waals surface area contributed by atoms with Crippen LogP contribution in [0.25, 0.3) is 12.2 Å². The average molecular weight is 376 g/mol. The second kappa shape index (κ2) is 6.61. The summed E-state index contributed by atoms with van der Waals surface area (Å²) in [7, 11) is 1.53. The maximum absolute atomic E-state index is 12.2. The number of aromatic nitrogens is 1. The third-order valence-electron chi connectivity index (χ3n) is 3.49. The minimum absolute atomic E-state index is 0.206. The van der Waals surface area contributed by atoms with E-state index in [0.717, 1.165) is 21.1 Å². The first-order chi connectivity index (χ1) is 11.9. The number of amides is 1. The monoisotopic (exact) mass is 376 g/mol. The molecule has 0 unspecified atom stereocenters. The van der Waals surface area contributed by atoms with Gasteiger partial charge in [0.05, 0.1) is 17.3 Å². The van der Waals surface area contributed by atoms with E-state index in [1.54, 1.807) is 24.3 Å². The zero-order valence-corrected chi connectivity index (χ0v) is 14.6. The maximum Gasteiger partial charge on any atom is 0.323 e. The number of ether oxygens (including phenoxy) is 1. The molecule has 2 heterocycles. The Hall–Kier alpha value is -2.78. The van der Waals surface area contributed by atoms with Crippen molar-refractivity contribution in [2.75, 3.05) is 7.11 Å². The van der Waals surface area contributed by atoms with Gasteiger partial charge in [-0.05, 0) is 36.5 Å². The molecule has 1 aliphatic heterocycles. The van der Waals surface area contributed by atoms with Crippen molar-refractivity contribution in [1.29, 1.82) is 0 Å². The van der Waals surface area contributed by atoms with Crippen molar-refractivity contribution in [2.24, 2.45) is 4.99 Å². The molecule has 0 atom stereocenters. The second-order valence-corrected chi connectivity index (χ2v) is 6.80. The van der Waals surface area contributed by atoms with E-state index in [2.05, 4.69) is 4.99 Å². The summed E-state index contributed by atoms with van der Waals surface area (Å²) in [5.74, 6) is -1.28. The molecule has 1 aromatic heterocycles. The van der Waals surface area contributed by atoms with E-state index in [-0.39, 0.29) is 15.4 Å². The molecular formula is C16H12N2O5S2. The van der Waals surface area contributed by atoms with Gasteiger partial charge in [0.2, 0.25) is 5.88 Å². The summed E-state index contributed by atoms with van der Waals surface area (Å²) in [4.78, 5) is 27.4. The Morgan fingerprint density at radius 3 is 2.92 bits per heavy atom. The topological polar surface area (TPSA) is 101 Å². The van der Waals surface area contributed by atoms with E-state index in [4.69, 9.17) is 22.1 Å². The summed E-state index contributed by atoms with van der Waals surface area (Å²) in [6.07, 6.45) is 3.10. The van der Waals surface area contributed by atoms with Crippen molar-refractivity contribution >= 4 is 47.6 Å². The molecule has 3 rings (SSSR count). The highest BCUT2D eigenvalue weighted by atomic mass is 32.1. The zero-order valence-electron chi connectivity index (χ0n) is 12.9. The SMILES string of the molecule is COc1ccc2c(c1)=NC(=O)C(=Cc1sc(=S)n(CC(=O)O)c1O)C=2. The van der Waals surface area contributed by atoms with Gasteiger partial charge in [0.1, 0.15) is 12.3 Å². The number of carbonyl (C=O) groups is 2. The fraction of sp³-hybridized carbons (Fsp3) is 0.125. The molecule has 9 heteroatoms. The zero-order chi connectivity index (χ0) is 18.1. The fourth-order valence-electron chi connectivity index (χ4n) is 2.30. The highest BCUT2D eigenvalue weighted by molar-refractivity contribution is 7.73. The van der Waals surface area contributed by atoms with Crippen molar-refractivity contribution in [2.45, 2.75) is 6.54 Å². The Bertz CT molecular complexity index is 1090. The van der Waals surface area contributed by atoms with Gasteiger partial charge in [-0.15, -0.1) is 11.3 Å². The van der Waals surface area contributed by atoms with Crippen LogP contribution in [-0.4, -0.2) is 33.8 Å². The van der Waals surface area contributed by atoms with Crippen LogP contribution in [0.3, 0.4) is 0 Å². The Balaban J connectivity index is 2.08. The van der Waals surface area contributed by atoms with Gasteiger partial charge in [-0.25, -0.2) is 4.99 Å². The highest BCUT2D eigenvalue weighted by Crippen LogP contribution is 2.29. The van der Waals surface area contributed by atoms with E-state index < -0.39 is 18.4 Å². The molecule has 0 radical (unpaired) electrons. The molecule has 0 spiro atoms. The molecule has 0 saturated heterocycles. The van der Waals surface area contributed by atoms with Crippen LogP contribution in [0.5, 0.6) is 11.6 Å². The Morgan fingerprint density at radius 2 is 2.24 bits per heavy atom. The number of carboxylic acids is 1. The highest BCUT2D eigenvalue weighted by Gasteiger charge is 2.16. The number of aromatic hydroxyl groups is 1. The van der Waals surface area contributed by atoms with E-state index >= 15 is 0 Å². The number of benzene rings is 1. The lowest BCUT2D eigenvalue weighted by Crippen LogP contribution is -2.30. The number of carboxylic acid groups (broad SMARTS) is 1. The maximum atomic E-state index is 12.2. The van der Waals surface area contributed by atoms with Gasteiger partial charge in [-0.1, -0.05) is 0 Å². The number of hydrogen-bond donors (Lipinski definition) is 2. The Kier molecular flexibility index (Phi) is 4.51. The summed E-state index contributed by atoms with van der Waals surface area (Å²) in [5.41, 5.74) is 0.270. The van der Waals surface area contributed by atoms with Crippen LogP contribution < -0.4 is 15.3 Å². The molecule has 128 valence electrons. The fourth-order valence-corrected chi connectivity index (χ4v) is 3.56. The molecule has 1 aromatic carbocycles. The lowest BCUT2D eigenvalue weighted by molar-refractivity contribution is -0.137. The molecule has 1 amide bonds. The lowest BCUT2D eigenvalue weighted by Gasteiger charge is -2.05. The van der Waals surface area contributed by atoms with Gasteiger partial charge >= 0.3 is 5.97 Å². The molecule has 0 bridgehead atoms. The van der Waals surface area contributed by atoms with Crippen LogP contribution in [0.1, 0.15) is 4.88 Å². The van der Waals surface area contributed by atoms with Gasteiger partial charge < -0.3 is 14.9 Å². The average Bonchev–Trinajstić information content (AvgIpc) is 2.82. The van der Waals surface area contributed by atoms with Crippen LogP contribution >= 0.6 is 23.6 Å². The van der Waals surface area contributed by atoms with Gasteiger partial charge in [0.15, 0.2) is 3.95 Å². The number of hydrogen-bond acceptors (Lipinski definition) is 6. The Morgan fingerprint density at radius 1 is 1.48 bits per heavy atom. The molecule has 0 saturated carbocycles. The number of aliphatic carboxylic acids is 1. The molecule has 25 heavy (non-hydrogen) atoms. The summed E-state index contributed by atoms with van der Waals surface area (Å²) >= 11 is 6.08. The van der Waals surface area contributed by atoms with Gasteiger partial charge in [0.25, 0.3) is 5.91 Å². The third kappa shape index (κ3) is 3.37. The molecule has 1 aliphatic rings. The van der Waals surface area contributed by atoms with E-state index in [0.29, 0.717) is 16.0 Å². The number of fused-ring (bicyclic) bond motifs is 1. The van der Waals surface area contributed by atoms with Crippen LogP contribution in [-0.2, 0) is 16.1 Å². The smallest absolute Gasteiger partial charge is 0.323 e. The molecule has 2 aromatic rings. The summed E-state index contributed by atoms with van der Waals surface area (Å²) in [6, 6.07) is 5.18. The van der Waals surface area contributed by atoms with E-state index in [1.807, 2.05) is 0 Å². The Labute approximate surface area is 150 Å². The van der Waals surface area contributed by atoms with Crippen molar-refractivity contribution in [3.05, 3.63) is 43.2 Å². The van der Waals surface area contributed by atoms with Crippen molar-refractivity contribution < 1.29 is 24.5 Å². The summed E-state index contributed by atoms with van der Waals surface area (Å²) < 4.78 is 6.41.